The Labute approximate surface area is 139 Å². The predicted molar refractivity (Wildman–Crippen MR) is 95.0 cm³/mol. The first-order valence-electron chi connectivity index (χ1n) is 9.27. The lowest BCUT2D eigenvalue weighted by atomic mass is 10.0. The minimum absolute atomic E-state index is 0.498. The highest BCUT2D eigenvalue weighted by atomic mass is 28.4. The van der Waals surface area contributed by atoms with Crippen molar-refractivity contribution in [1.29, 1.82) is 0 Å². The molecule has 0 radical (unpaired) electrons. The Morgan fingerprint density at radius 1 is 0.682 bits per heavy atom. The van der Waals surface area contributed by atoms with Crippen LogP contribution in [0.15, 0.2) is 0 Å². The average molecular weight is 331 g/mol. The maximum Gasteiger partial charge on any atom is 0.504 e. The quantitative estimate of drug-likeness (QED) is 0.510. The van der Waals surface area contributed by atoms with E-state index in [1.165, 1.54) is 32.1 Å². The summed E-state index contributed by atoms with van der Waals surface area (Å²) in [6.07, 6.45) is 6.35. The van der Waals surface area contributed by atoms with Gasteiger partial charge in [-0.15, -0.1) is 0 Å². The van der Waals surface area contributed by atoms with Crippen LogP contribution in [-0.4, -0.2) is 28.6 Å². The van der Waals surface area contributed by atoms with Gasteiger partial charge in [-0.05, 0) is 30.6 Å². The van der Waals surface area contributed by atoms with Crippen LogP contribution in [0.4, 0.5) is 0 Å². The molecule has 0 spiro atoms. The van der Waals surface area contributed by atoms with Crippen molar-refractivity contribution in [2.45, 2.75) is 79.2 Å². The molecule has 0 aliphatic heterocycles. The molecule has 0 saturated heterocycles. The van der Waals surface area contributed by atoms with Crippen molar-refractivity contribution in [3.05, 3.63) is 0 Å². The molecule has 0 aromatic heterocycles. The van der Waals surface area contributed by atoms with Crippen LogP contribution in [0.25, 0.3) is 0 Å². The fourth-order valence-electron chi connectivity index (χ4n) is 2.78. The Balaban J connectivity index is 2.86. The van der Waals surface area contributed by atoms with Crippen molar-refractivity contribution in [3.8, 4) is 0 Å². The van der Waals surface area contributed by atoms with E-state index >= 15 is 0 Å². The van der Waals surface area contributed by atoms with Gasteiger partial charge in [0.05, 0.1) is 0 Å². The lowest BCUT2D eigenvalue weighted by Gasteiger charge is -2.39. The number of hydrogen-bond acceptors (Lipinski definition) is 3. The molecule has 0 aromatic rings. The van der Waals surface area contributed by atoms with E-state index in [-0.39, 0.29) is 0 Å². The molecule has 3 nitrogen and oxygen atoms in total. The molecular weight excluding hydrogens is 292 g/mol. The van der Waals surface area contributed by atoms with Crippen molar-refractivity contribution in [1.82, 2.24) is 0 Å². The van der Waals surface area contributed by atoms with Gasteiger partial charge in [0.25, 0.3) is 0 Å². The Morgan fingerprint density at radius 3 is 1.36 bits per heavy atom. The number of rotatable bonds is 10. The van der Waals surface area contributed by atoms with Crippen molar-refractivity contribution < 1.29 is 13.3 Å². The second-order valence-electron chi connectivity index (χ2n) is 8.05. The zero-order chi connectivity index (χ0) is 16.6. The van der Waals surface area contributed by atoms with Crippen LogP contribution in [0.2, 0.25) is 5.54 Å². The molecule has 0 amide bonds. The molecule has 0 N–H and O–H groups in total. The third-order valence-corrected chi connectivity index (χ3v) is 7.24. The van der Waals surface area contributed by atoms with Crippen molar-refractivity contribution >= 4 is 8.80 Å². The first-order valence-corrected chi connectivity index (χ1v) is 11.1. The summed E-state index contributed by atoms with van der Waals surface area (Å²) in [5.74, 6) is 1.54. The molecule has 1 aliphatic carbocycles. The van der Waals surface area contributed by atoms with E-state index in [2.05, 4.69) is 41.5 Å². The standard InChI is InChI=1S/C18H38O3Si/c1-15(2)12-19-22(20-13-16(3)4,21-14-17(5)6)18-10-8-7-9-11-18/h15-18H,7-14H2,1-6H3. The maximum atomic E-state index is 6.43. The van der Waals surface area contributed by atoms with Crippen molar-refractivity contribution in [2.24, 2.45) is 17.8 Å². The van der Waals surface area contributed by atoms with E-state index < -0.39 is 8.80 Å². The lowest BCUT2D eigenvalue weighted by Crippen LogP contribution is -2.52. The Hall–Kier alpha value is 0.0969. The summed E-state index contributed by atoms with van der Waals surface area (Å²) in [4.78, 5) is 0. The highest BCUT2D eigenvalue weighted by Crippen LogP contribution is 2.39. The molecule has 0 unspecified atom stereocenters. The van der Waals surface area contributed by atoms with Gasteiger partial charge in [0, 0.05) is 25.4 Å². The van der Waals surface area contributed by atoms with Crippen LogP contribution in [0.3, 0.4) is 0 Å². The van der Waals surface area contributed by atoms with Gasteiger partial charge in [-0.1, -0.05) is 60.8 Å². The highest BCUT2D eigenvalue weighted by Gasteiger charge is 2.50. The van der Waals surface area contributed by atoms with Gasteiger partial charge in [0.2, 0.25) is 0 Å². The van der Waals surface area contributed by atoms with Crippen LogP contribution in [0.1, 0.15) is 73.6 Å². The first-order chi connectivity index (χ1) is 10.4. The zero-order valence-electron chi connectivity index (χ0n) is 15.7. The summed E-state index contributed by atoms with van der Waals surface area (Å²) in [7, 11) is -2.58. The second-order valence-corrected chi connectivity index (χ2v) is 10.9. The summed E-state index contributed by atoms with van der Waals surface area (Å²) in [5, 5.41) is 0. The minimum Gasteiger partial charge on any atom is -0.373 e. The summed E-state index contributed by atoms with van der Waals surface area (Å²) in [6.45, 7) is 15.4. The molecular formula is C18H38O3Si. The molecule has 22 heavy (non-hydrogen) atoms. The number of hydrogen-bond donors (Lipinski definition) is 0. The van der Waals surface area contributed by atoms with Gasteiger partial charge in [0.1, 0.15) is 0 Å². The van der Waals surface area contributed by atoms with Crippen molar-refractivity contribution in [2.75, 3.05) is 19.8 Å². The van der Waals surface area contributed by atoms with E-state index in [4.69, 9.17) is 13.3 Å². The molecule has 0 atom stereocenters. The average Bonchev–Trinajstić information content (AvgIpc) is 2.47. The normalized spacial score (nSPS) is 17.9. The van der Waals surface area contributed by atoms with Crippen molar-refractivity contribution in [3.63, 3.8) is 0 Å². The Kier molecular flexibility index (Phi) is 9.21. The molecule has 1 rings (SSSR count). The predicted octanol–water partition coefficient (Wildman–Crippen LogP) is 5.28. The van der Waals surface area contributed by atoms with E-state index in [1.807, 2.05) is 0 Å². The van der Waals surface area contributed by atoms with Gasteiger partial charge in [-0.3, -0.25) is 0 Å². The lowest BCUT2D eigenvalue weighted by molar-refractivity contribution is 0.0242. The van der Waals surface area contributed by atoms with E-state index in [9.17, 15) is 0 Å². The van der Waals surface area contributed by atoms with Gasteiger partial charge in [-0.2, -0.15) is 0 Å². The largest absolute Gasteiger partial charge is 0.504 e. The second kappa shape index (κ2) is 10.1. The summed E-state index contributed by atoms with van der Waals surface area (Å²) in [5.41, 5.74) is 0.498. The van der Waals surface area contributed by atoms with Crippen LogP contribution in [-0.2, 0) is 13.3 Å². The van der Waals surface area contributed by atoms with Crippen LogP contribution in [0.5, 0.6) is 0 Å². The summed E-state index contributed by atoms with van der Waals surface area (Å²) in [6, 6.07) is 0. The fraction of sp³-hybridized carbons (Fsp3) is 1.00. The molecule has 0 heterocycles. The molecule has 132 valence electrons. The van der Waals surface area contributed by atoms with Crippen LogP contribution in [0, 0.1) is 17.8 Å². The Bertz CT molecular complexity index is 255. The van der Waals surface area contributed by atoms with Gasteiger partial charge in [-0.25, -0.2) is 0 Å². The fourth-order valence-corrected chi connectivity index (χ4v) is 6.55. The molecule has 1 fully saturated rings. The topological polar surface area (TPSA) is 27.7 Å². The monoisotopic (exact) mass is 330 g/mol. The van der Waals surface area contributed by atoms with Gasteiger partial charge in [0.15, 0.2) is 0 Å². The molecule has 4 heteroatoms. The zero-order valence-corrected chi connectivity index (χ0v) is 16.7. The summed E-state index contributed by atoms with van der Waals surface area (Å²) < 4.78 is 19.3. The van der Waals surface area contributed by atoms with Crippen LogP contribution < -0.4 is 0 Å². The highest BCUT2D eigenvalue weighted by molar-refractivity contribution is 6.62. The third-order valence-electron chi connectivity index (χ3n) is 3.96. The van der Waals surface area contributed by atoms with Gasteiger partial charge < -0.3 is 13.3 Å². The smallest absolute Gasteiger partial charge is 0.373 e. The van der Waals surface area contributed by atoms with Gasteiger partial charge >= 0.3 is 8.80 Å². The Morgan fingerprint density at radius 2 is 1.05 bits per heavy atom. The molecule has 1 saturated carbocycles. The minimum atomic E-state index is -2.58. The summed E-state index contributed by atoms with van der Waals surface area (Å²) >= 11 is 0. The first kappa shape index (κ1) is 20.1. The van der Waals surface area contributed by atoms with E-state index in [0.717, 1.165) is 19.8 Å². The molecule has 1 aliphatic rings. The maximum absolute atomic E-state index is 6.43. The van der Waals surface area contributed by atoms with Crippen LogP contribution >= 0.6 is 0 Å². The van der Waals surface area contributed by atoms with E-state index in [1.54, 1.807) is 0 Å². The van der Waals surface area contributed by atoms with E-state index in [0.29, 0.717) is 23.3 Å². The molecule has 0 bridgehead atoms. The third kappa shape index (κ3) is 7.11. The molecule has 0 aromatic carbocycles. The SMILES string of the molecule is CC(C)CO[Si](OCC(C)C)(OCC(C)C)C1CCCCC1.